The van der Waals surface area contributed by atoms with Crippen LogP contribution < -0.4 is 5.32 Å². The molecule has 0 unspecified atom stereocenters. The molecule has 3 aromatic rings. The first kappa shape index (κ1) is 12.7. The van der Waals surface area contributed by atoms with Crippen LogP contribution in [0.15, 0.2) is 40.9 Å². The van der Waals surface area contributed by atoms with Crippen molar-refractivity contribution in [3.8, 4) is 11.5 Å². The molecule has 3 rings (SSSR count). The first-order valence-corrected chi connectivity index (χ1v) is 6.50. The number of hydrogen-bond acceptors (Lipinski definition) is 4. The Bertz CT molecular complexity index is 739. The summed E-state index contributed by atoms with van der Waals surface area (Å²) >= 11 is 0. The number of fused-ring (bicyclic) bond motifs is 1. The van der Waals surface area contributed by atoms with E-state index in [4.69, 9.17) is 4.52 Å². The average Bonchev–Trinajstić information content (AvgIpc) is 2.94. The maximum absolute atomic E-state index is 13.8. The van der Waals surface area contributed by atoms with Crippen molar-refractivity contribution in [1.82, 2.24) is 15.5 Å². The van der Waals surface area contributed by atoms with E-state index in [2.05, 4.69) is 15.5 Å². The topological polar surface area (TPSA) is 51.0 Å². The summed E-state index contributed by atoms with van der Waals surface area (Å²) in [4.78, 5) is 4.34. The van der Waals surface area contributed by atoms with Crippen molar-refractivity contribution < 1.29 is 8.91 Å². The molecule has 0 radical (unpaired) electrons. The summed E-state index contributed by atoms with van der Waals surface area (Å²) in [6.45, 7) is 3.40. The van der Waals surface area contributed by atoms with Gasteiger partial charge in [-0.1, -0.05) is 36.3 Å². The van der Waals surface area contributed by atoms with Crippen LogP contribution in [0.3, 0.4) is 0 Å². The first-order valence-electron chi connectivity index (χ1n) is 6.50. The van der Waals surface area contributed by atoms with Gasteiger partial charge in [0, 0.05) is 10.9 Å². The van der Waals surface area contributed by atoms with E-state index < -0.39 is 0 Å². The zero-order chi connectivity index (χ0) is 13.9. The molecular weight excluding hydrogens is 257 g/mol. The van der Waals surface area contributed by atoms with E-state index in [-0.39, 0.29) is 5.82 Å². The number of aromatic nitrogens is 2. The van der Waals surface area contributed by atoms with Gasteiger partial charge in [-0.05, 0) is 24.1 Å². The van der Waals surface area contributed by atoms with E-state index in [9.17, 15) is 4.39 Å². The third kappa shape index (κ3) is 2.28. The first-order chi connectivity index (χ1) is 9.79. The van der Waals surface area contributed by atoms with Gasteiger partial charge in [-0.2, -0.15) is 4.98 Å². The fourth-order valence-corrected chi connectivity index (χ4v) is 2.12. The van der Waals surface area contributed by atoms with Gasteiger partial charge in [-0.25, -0.2) is 4.39 Å². The molecule has 1 aromatic heterocycles. The van der Waals surface area contributed by atoms with Gasteiger partial charge in [0.15, 0.2) is 5.82 Å². The molecule has 5 heteroatoms. The van der Waals surface area contributed by atoms with E-state index in [0.717, 1.165) is 17.5 Å². The molecule has 1 N–H and O–H groups in total. The van der Waals surface area contributed by atoms with Crippen molar-refractivity contribution in [2.24, 2.45) is 0 Å². The number of halogens is 1. The summed E-state index contributed by atoms with van der Waals surface area (Å²) in [5.74, 6) is 0.751. The van der Waals surface area contributed by atoms with Crippen LogP contribution in [0.25, 0.3) is 22.2 Å². The third-order valence-electron chi connectivity index (χ3n) is 3.10. The summed E-state index contributed by atoms with van der Waals surface area (Å²) in [6, 6.07) is 10.3. The third-order valence-corrected chi connectivity index (χ3v) is 3.10. The van der Waals surface area contributed by atoms with Crippen LogP contribution in [0.5, 0.6) is 0 Å². The van der Waals surface area contributed by atoms with E-state index >= 15 is 0 Å². The number of nitrogens with zero attached hydrogens (tertiary/aromatic N) is 2. The van der Waals surface area contributed by atoms with E-state index in [1.54, 1.807) is 18.2 Å². The van der Waals surface area contributed by atoms with Crippen LogP contribution in [-0.2, 0) is 6.54 Å². The average molecular weight is 271 g/mol. The molecule has 0 aliphatic heterocycles. The lowest BCUT2D eigenvalue weighted by molar-refractivity contribution is 0.420. The minimum atomic E-state index is -0.253. The van der Waals surface area contributed by atoms with E-state index in [0.29, 0.717) is 23.6 Å². The summed E-state index contributed by atoms with van der Waals surface area (Å²) in [6.07, 6.45) is 0. The van der Waals surface area contributed by atoms with Crippen molar-refractivity contribution in [2.75, 3.05) is 6.54 Å². The van der Waals surface area contributed by atoms with Gasteiger partial charge < -0.3 is 9.84 Å². The molecule has 4 nitrogen and oxygen atoms in total. The predicted molar refractivity (Wildman–Crippen MR) is 74.6 cm³/mol. The van der Waals surface area contributed by atoms with Crippen LogP contribution in [0.2, 0.25) is 0 Å². The van der Waals surface area contributed by atoms with Gasteiger partial charge in [-0.3, -0.25) is 0 Å². The predicted octanol–water partition coefficient (Wildman–Crippen LogP) is 3.14. The Morgan fingerprint density at radius 3 is 2.75 bits per heavy atom. The van der Waals surface area contributed by atoms with Gasteiger partial charge >= 0.3 is 0 Å². The van der Waals surface area contributed by atoms with E-state index in [1.807, 2.05) is 19.1 Å². The summed E-state index contributed by atoms with van der Waals surface area (Å²) < 4.78 is 19.0. The molecule has 0 atom stereocenters. The van der Waals surface area contributed by atoms with Gasteiger partial charge in [0.2, 0.25) is 0 Å². The van der Waals surface area contributed by atoms with Crippen LogP contribution in [0.4, 0.5) is 4.39 Å². The molecule has 1 heterocycles. The van der Waals surface area contributed by atoms with Crippen molar-refractivity contribution in [3.05, 3.63) is 48.0 Å². The zero-order valence-electron chi connectivity index (χ0n) is 11.1. The maximum Gasteiger partial charge on any atom is 0.258 e. The number of benzene rings is 2. The van der Waals surface area contributed by atoms with Crippen molar-refractivity contribution in [3.63, 3.8) is 0 Å². The second kappa shape index (κ2) is 5.38. The van der Waals surface area contributed by atoms with Gasteiger partial charge in [-0.15, -0.1) is 0 Å². The second-order valence-corrected chi connectivity index (χ2v) is 4.44. The molecule has 0 fully saturated rings. The van der Waals surface area contributed by atoms with Crippen LogP contribution in [0.1, 0.15) is 12.7 Å². The molecule has 20 heavy (non-hydrogen) atoms. The molecule has 0 spiro atoms. The SMILES string of the molecule is CCNCc1noc(-c2ccc(F)c3ccccc23)n1. The molecule has 0 saturated carbocycles. The number of rotatable bonds is 4. The van der Waals surface area contributed by atoms with Crippen LogP contribution >= 0.6 is 0 Å². The summed E-state index contributed by atoms with van der Waals surface area (Å²) in [5, 5.41) is 8.37. The fourth-order valence-electron chi connectivity index (χ4n) is 2.12. The fraction of sp³-hybridized carbons (Fsp3) is 0.200. The normalized spacial score (nSPS) is 11.1. The van der Waals surface area contributed by atoms with Gasteiger partial charge in [0.1, 0.15) is 5.82 Å². The Balaban J connectivity index is 2.06. The Kier molecular flexibility index (Phi) is 3.43. The Morgan fingerprint density at radius 2 is 1.95 bits per heavy atom. The molecule has 2 aromatic carbocycles. The summed E-state index contributed by atoms with van der Waals surface area (Å²) in [5.41, 5.74) is 0.747. The van der Waals surface area contributed by atoms with E-state index in [1.165, 1.54) is 6.07 Å². The highest BCUT2D eigenvalue weighted by molar-refractivity contribution is 5.95. The minimum absolute atomic E-state index is 0.253. The van der Waals surface area contributed by atoms with Crippen molar-refractivity contribution >= 4 is 10.8 Å². The highest BCUT2D eigenvalue weighted by atomic mass is 19.1. The smallest absolute Gasteiger partial charge is 0.258 e. The second-order valence-electron chi connectivity index (χ2n) is 4.44. The Morgan fingerprint density at radius 1 is 1.15 bits per heavy atom. The quantitative estimate of drug-likeness (QED) is 0.792. The largest absolute Gasteiger partial charge is 0.334 e. The molecule has 0 amide bonds. The molecule has 0 aliphatic rings. The standard InChI is InChI=1S/C15H14FN3O/c1-2-17-9-14-18-15(20-19-14)12-7-8-13(16)11-6-4-3-5-10(11)12/h3-8,17H,2,9H2,1H3. The highest BCUT2D eigenvalue weighted by Crippen LogP contribution is 2.29. The lowest BCUT2D eigenvalue weighted by atomic mass is 10.0. The van der Waals surface area contributed by atoms with Crippen LogP contribution in [-0.4, -0.2) is 16.7 Å². The zero-order valence-corrected chi connectivity index (χ0v) is 11.1. The maximum atomic E-state index is 13.8. The lowest BCUT2D eigenvalue weighted by Crippen LogP contribution is -2.12. The lowest BCUT2D eigenvalue weighted by Gasteiger charge is -2.03. The van der Waals surface area contributed by atoms with Crippen molar-refractivity contribution in [1.29, 1.82) is 0 Å². The minimum Gasteiger partial charge on any atom is -0.334 e. The monoisotopic (exact) mass is 271 g/mol. The molecule has 0 bridgehead atoms. The van der Waals surface area contributed by atoms with Crippen LogP contribution in [0, 0.1) is 5.82 Å². The molecular formula is C15H14FN3O. The van der Waals surface area contributed by atoms with Crippen molar-refractivity contribution in [2.45, 2.75) is 13.5 Å². The molecule has 0 saturated heterocycles. The summed E-state index contributed by atoms with van der Waals surface area (Å²) in [7, 11) is 0. The van der Waals surface area contributed by atoms with Gasteiger partial charge in [0.05, 0.1) is 6.54 Å². The Labute approximate surface area is 115 Å². The van der Waals surface area contributed by atoms with Gasteiger partial charge in [0.25, 0.3) is 5.89 Å². The number of nitrogens with one attached hydrogen (secondary N) is 1. The molecule has 102 valence electrons. The highest BCUT2D eigenvalue weighted by Gasteiger charge is 2.13. The molecule has 0 aliphatic carbocycles. The number of hydrogen-bond donors (Lipinski definition) is 1. The Hall–Kier alpha value is -2.27.